The smallest absolute Gasteiger partial charge is 0.0953 e. The lowest BCUT2D eigenvalue weighted by molar-refractivity contribution is 0.312. The minimum atomic E-state index is 0.0874. The zero-order valence-electron chi connectivity index (χ0n) is 9.43. The third kappa shape index (κ3) is 5.11. The van der Waals surface area contributed by atoms with Crippen LogP contribution in [-0.2, 0) is 0 Å². The van der Waals surface area contributed by atoms with E-state index in [2.05, 4.69) is 38.8 Å². The molecule has 12 heavy (non-hydrogen) atoms. The van der Waals surface area contributed by atoms with E-state index in [4.69, 9.17) is 0 Å². The highest BCUT2D eigenvalue weighted by Crippen LogP contribution is 2.05. The molecule has 0 aromatic heterocycles. The van der Waals surface area contributed by atoms with E-state index in [-0.39, 0.29) is 9.68 Å². The Hall–Kier alpha value is 0.394. The first-order chi connectivity index (χ1) is 5.59. The van der Waals surface area contributed by atoms with Gasteiger partial charge in [-0.1, -0.05) is 46.3 Å². The predicted octanol–water partition coefficient (Wildman–Crippen LogP) is 1.24. The highest BCUT2D eigenvalue weighted by molar-refractivity contribution is 6.39. The molecule has 0 heterocycles. The summed E-state index contributed by atoms with van der Waals surface area (Å²) in [7, 11) is 0.417. The Morgan fingerprint density at radius 1 is 1.00 bits per heavy atom. The Bertz CT molecular complexity index is 96.7. The minimum absolute atomic E-state index is 0.0874. The molecule has 0 amide bonds. The highest BCUT2D eigenvalue weighted by Gasteiger charge is 2.11. The first kappa shape index (κ1) is 12.4. The van der Waals surface area contributed by atoms with E-state index < -0.39 is 0 Å². The van der Waals surface area contributed by atoms with Crippen LogP contribution in [0.4, 0.5) is 0 Å². The molecule has 0 unspecified atom stereocenters. The Kier molecular flexibility index (Phi) is 7.09. The van der Waals surface area contributed by atoms with Gasteiger partial charge in [0.2, 0.25) is 0 Å². The standard InChI is InChI=1S/C9H25NSi2/c1-8(2)10(9(3)4)12-7-6-11-5/h8-9H,6-7,11-12H2,1-5H3. The molecule has 0 fully saturated rings. The Balaban J connectivity index is 3.64. The van der Waals surface area contributed by atoms with Crippen molar-refractivity contribution in [3.63, 3.8) is 0 Å². The number of rotatable bonds is 6. The minimum Gasteiger partial charge on any atom is -0.325 e. The van der Waals surface area contributed by atoms with Gasteiger partial charge in [-0.2, -0.15) is 0 Å². The van der Waals surface area contributed by atoms with Crippen molar-refractivity contribution >= 4 is 19.2 Å². The van der Waals surface area contributed by atoms with E-state index in [1.165, 1.54) is 0 Å². The molecule has 0 spiro atoms. The fourth-order valence-corrected chi connectivity index (χ4v) is 5.95. The van der Waals surface area contributed by atoms with Gasteiger partial charge >= 0.3 is 0 Å². The van der Waals surface area contributed by atoms with Crippen molar-refractivity contribution in [2.45, 2.75) is 58.4 Å². The van der Waals surface area contributed by atoms with Crippen LogP contribution >= 0.6 is 0 Å². The van der Waals surface area contributed by atoms with Crippen LogP contribution in [0.1, 0.15) is 27.7 Å². The topological polar surface area (TPSA) is 3.24 Å². The molecular weight excluding hydrogens is 178 g/mol. The summed E-state index contributed by atoms with van der Waals surface area (Å²) in [4.78, 5) is 0. The molecule has 0 aromatic carbocycles. The molecule has 1 nitrogen and oxygen atoms in total. The summed E-state index contributed by atoms with van der Waals surface area (Å²) in [6.07, 6.45) is 0. The van der Waals surface area contributed by atoms with Gasteiger partial charge in [0, 0.05) is 9.52 Å². The molecule has 0 aromatic rings. The van der Waals surface area contributed by atoms with Crippen molar-refractivity contribution in [3.8, 4) is 0 Å². The van der Waals surface area contributed by atoms with Gasteiger partial charge in [0.25, 0.3) is 0 Å². The molecule has 0 saturated heterocycles. The molecule has 74 valence electrons. The molecule has 0 aliphatic carbocycles. The average Bonchev–Trinajstić information content (AvgIpc) is 1.96. The zero-order valence-corrected chi connectivity index (χ0v) is 12.3. The molecule has 0 bridgehead atoms. The van der Waals surface area contributed by atoms with Crippen LogP contribution in [0.3, 0.4) is 0 Å². The number of hydrogen-bond donors (Lipinski definition) is 0. The van der Waals surface area contributed by atoms with Crippen LogP contribution in [0.5, 0.6) is 0 Å². The van der Waals surface area contributed by atoms with Gasteiger partial charge in [0.15, 0.2) is 0 Å². The molecule has 0 atom stereocenters. The van der Waals surface area contributed by atoms with E-state index in [9.17, 15) is 0 Å². The number of nitrogens with zero attached hydrogens (tertiary/aromatic N) is 1. The summed E-state index contributed by atoms with van der Waals surface area (Å²) in [6.45, 7) is 11.7. The second-order valence-electron chi connectivity index (χ2n) is 4.13. The van der Waals surface area contributed by atoms with Gasteiger partial charge in [-0.3, -0.25) is 0 Å². The van der Waals surface area contributed by atoms with Gasteiger partial charge in [0.1, 0.15) is 0 Å². The maximum absolute atomic E-state index is 2.73. The molecule has 0 aliphatic rings. The third-order valence-electron chi connectivity index (χ3n) is 2.35. The van der Waals surface area contributed by atoms with Gasteiger partial charge in [0.05, 0.1) is 9.68 Å². The lowest BCUT2D eigenvalue weighted by Gasteiger charge is -2.30. The second kappa shape index (κ2) is 6.86. The van der Waals surface area contributed by atoms with Gasteiger partial charge in [-0.05, 0) is 12.1 Å². The predicted molar refractivity (Wildman–Crippen MR) is 64.7 cm³/mol. The zero-order chi connectivity index (χ0) is 9.56. The van der Waals surface area contributed by atoms with E-state index >= 15 is 0 Å². The van der Waals surface area contributed by atoms with E-state index in [1.54, 1.807) is 12.1 Å². The van der Waals surface area contributed by atoms with Gasteiger partial charge in [-0.25, -0.2) is 0 Å². The normalized spacial score (nSPS) is 14.0. The van der Waals surface area contributed by atoms with Gasteiger partial charge < -0.3 is 4.57 Å². The van der Waals surface area contributed by atoms with Crippen LogP contribution in [0, 0.1) is 0 Å². The summed E-state index contributed by atoms with van der Waals surface area (Å²) in [6, 6.07) is 4.67. The van der Waals surface area contributed by atoms with Crippen molar-refractivity contribution in [3.05, 3.63) is 0 Å². The summed E-state index contributed by atoms with van der Waals surface area (Å²) in [5.41, 5.74) is 0. The van der Waals surface area contributed by atoms with Gasteiger partial charge in [-0.15, -0.1) is 0 Å². The van der Waals surface area contributed by atoms with Crippen molar-refractivity contribution in [2.75, 3.05) is 0 Å². The molecule has 3 heteroatoms. The van der Waals surface area contributed by atoms with Crippen LogP contribution in [0.2, 0.25) is 18.6 Å². The highest BCUT2D eigenvalue weighted by atomic mass is 28.2. The quantitative estimate of drug-likeness (QED) is 0.464. The van der Waals surface area contributed by atoms with Crippen molar-refractivity contribution in [1.82, 2.24) is 4.57 Å². The molecule has 0 rings (SSSR count). The fraction of sp³-hybridized carbons (Fsp3) is 1.00. The SMILES string of the molecule is C[SiH2]CC[SiH2]N(C(C)C)C(C)C. The summed E-state index contributed by atoms with van der Waals surface area (Å²) < 4.78 is 2.73. The van der Waals surface area contributed by atoms with E-state index in [0.29, 0.717) is 9.52 Å². The average molecular weight is 203 g/mol. The summed E-state index contributed by atoms with van der Waals surface area (Å²) in [5.74, 6) is 0. The molecule has 0 N–H and O–H groups in total. The monoisotopic (exact) mass is 203 g/mol. The van der Waals surface area contributed by atoms with E-state index in [1.807, 2.05) is 0 Å². The fourth-order valence-electron chi connectivity index (χ4n) is 1.66. The van der Waals surface area contributed by atoms with Crippen LogP contribution in [0.25, 0.3) is 0 Å². The Morgan fingerprint density at radius 3 is 1.83 bits per heavy atom. The maximum Gasteiger partial charge on any atom is 0.0953 e. The lowest BCUT2D eigenvalue weighted by Crippen LogP contribution is -2.39. The van der Waals surface area contributed by atoms with Crippen molar-refractivity contribution < 1.29 is 0 Å². The third-order valence-corrected chi connectivity index (χ3v) is 7.35. The molecule has 0 saturated carbocycles. The molecular formula is C9H25NSi2. The van der Waals surface area contributed by atoms with Crippen LogP contribution < -0.4 is 0 Å². The summed E-state index contributed by atoms with van der Waals surface area (Å²) in [5, 5.41) is 0. The first-order valence-corrected chi connectivity index (χ1v) is 9.40. The largest absolute Gasteiger partial charge is 0.325 e. The molecule has 0 aliphatic heterocycles. The molecule has 0 radical (unpaired) electrons. The Labute approximate surface area is 82.6 Å². The Morgan fingerprint density at radius 2 is 1.50 bits per heavy atom. The van der Waals surface area contributed by atoms with Crippen LogP contribution in [0.15, 0.2) is 0 Å². The first-order valence-electron chi connectivity index (χ1n) is 5.35. The lowest BCUT2D eigenvalue weighted by atomic mass is 10.3. The second-order valence-corrected chi connectivity index (χ2v) is 7.72. The summed E-state index contributed by atoms with van der Waals surface area (Å²) >= 11 is 0. The maximum atomic E-state index is 2.73. The van der Waals surface area contributed by atoms with Crippen molar-refractivity contribution in [2.24, 2.45) is 0 Å². The van der Waals surface area contributed by atoms with E-state index in [0.717, 1.165) is 12.1 Å². The van der Waals surface area contributed by atoms with Crippen LogP contribution in [-0.4, -0.2) is 35.8 Å². The van der Waals surface area contributed by atoms with Crippen molar-refractivity contribution in [1.29, 1.82) is 0 Å². The number of hydrogen-bond acceptors (Lipinski definition) is 1.